The summed E-state index contributed by atoms with van der Waals surface area (Å²) in [6, 6.07) is 8.79. The van der Waals surface area contributed by atoms with E-state index in [1.807, 2.05) is 6.20 Å². The van der Waals surface area contributed by atoms with Crippen molar-refractivity contribution in [2.75, 3.05) is 25.1 Å². The lowest BCUT2D eigenvalue weighted by Gasteiger charge is -2.20. The lowest BCUT2D eigenvalue weighted by Crippen LogP contribution is -2.32. The summed E-state index contributed by atoms with van der Waals surface area (Å²) in [7, 11) is 0. The number of aliphatic imine (C=N–C) groups is 2. The highest BCUT2D eigenvalue weighted by Crippen LogP contribution is 2.28. The predicted octanol–water partition coefficient (Wildman–Crippen LogP) is 4.61. The van der Waals surface area contributed by atoms with Gasteiger partial charge in [0.1, 0.15) is 6.67 Å². The highest BCUT2D eigenvalue weighted by molar-refractivity contribution is 6.02. The first kappa shape index (κ1) is 19.4. The third-order valence-corrected chi connectivity index (χ3v) is 5.07. The smallest absolute Gasteiger partial charge is 0.108 e. The standard InChI is InChI=1S/C21H32N4/c1-5-6-16(2)17(3)18-7-9-20(10-8-18)24-15-25-21-14-23-12-11-19(21)13-22-4/h7-10,13,16-17,23-24H,4-6,11-12,14-15H2,1-3H3/b19-13-,25-21-. The SMILES string of the molecule is C=N/C=C1/CCNC/C1=N/CNc1ccc(C(C)C(C)CCC)cc1. The van der Waals surface area contributed by atoms with Crippen LogP contribution >= 0.6 is 0 Å². The van der Waals surface area contributed by atoms with Crippen molar-refractivity contribution in [1.29, 1.82) is 0 Å². The summed E-state index contributed by atoms with van der Waals surface area (Å²) >= 11 is 0. The van der Waals surface area contributed by atoms with Crippen LogP contribution in [0.15, 0.2) is 46.0 Å². The Morgan fingerprint density at radius 3 is 2.72 bits per heavy atom. The Kier molecular flexibility index (Phi) is 7.86. The van der Waals surface area contributed by atoms with Gasteiger partial charge in [-0.1, -0.05) is 45.7 Å². The minimum absolute atomic E-state index is 0.576. The molecule has 2 unspecified atom stereocenters. The third-order valence-electron chi connectivity index (χ3n) is 5.07. The van der Waals surface area contributed by atoms with E-state index >= 15 is 0 Å². The van der Waals surface area contributed by atoms with Crippen molar-refractivity contribution < 1.29 is 0 Å². The monoisotopic (exact) mass is 340 g/mol. The number of hydrogen-bond donors (Lipinski definition) is 2. The van der Waals surface area contributed by atoms with Crippen LogP contribution in [0.25, 0.3) is 0 Å². The molecule has 0 aromatic heterocycles. The molecule has 4 heteroatoms. The van der Waals surface area contributed by atoms with E-state index < -0.39 is 0 Å². The van der Waals surface area contributed by atoms with Gasteiger partial charge >= 0.3 is 0 Å². The second-order valence-electron chi connectivity index (χ2n) is 6.88. The van der Waals surface area contributed by atoms with Gasteiger partial charge in [-0.05, 0) is 54.8 Å². The average Bonchev–Trinajstić information content (AvgIpc) is 2.63. The van der Waals surface area contributed by atoms with Gasteiger partial charge in [-0.25, -0.2) is 0 Å². The van der Waals surface area contributed by atoms with Crippen LogP contribution in [0.2, 0.25) is 0 Å². The number of nitrogens with zero attached hydrogens (tertiary/aromatic N) is 2. The summed E-state index contributed by atoms with van der Waals surface area (Å²) in [5.74, 6) is 1.32. The molecule has 1 aliphatic rings. The van der Waals surface area contributed by atoms with E-state index in [0.717, 1.165) is 36.8 Å². The predicted molar refractivity (Wildman–Crippen MR) is 110 cm³/mol. The molecule has 2 atom stereocenters. The normalized spacial score (nSPS) is 20.4. The highest BCUT2D eigenvalue weighted by atomic mass is 15.0. The van der Waals surface area contributed by atoms with Gasteiger partial charge in [0.05, 0.1) is 5.71 Å². The first-order valence-corrected chi connectivity index (χ1v) is 9.38. The molecule has 1 heterocycles. The summed E-state index contributed by atoms with van der Waals surface area (Å²) in [5.41, 5.74) is 4.78. The van der Waals surface area contributed by atoms with Crippen molar-refractivity contribution in [2.24, 2.45) is 15.9 Å². The Labute approximate surface area is 152 Å². The van der Waals surface area contributed by atoms with Gasteiger partial charge < -0.3 is 10.6 Å². The van der Waals surface area contributed by atoms with Crippen LogP contribution in [-0.4, -0.2) is 32.2 Å². The van der Waals surface area contributed by atoms with Crippen molar-refractivity contribution in [2.45, 2.75) is 46.0 Å². The van der Waals surface area contributed by atoms with E-state index in [4.69, 9.17) is 0 Å². The van der Waals surface area contributed by atoms with E-state index in [9.17, 15) is 0 Å². The van der Waals surface area contributed by atoms with Crippen molar-refractivity contribution in [3.63, 3.8) is 0 Å². The number of anilines is 1. The number of nitrogens with one attached hydrogen (secondary N) is 2. The molecule has 1 aliphatic heterocycles. The second kappa shape index (κ2) is 10.1. The fourth-order valence-electron chi connectivity index (χ4n) is 3.26. The first-order valence-electron chi connectivity index (χ1n) is 9.38. The Hall–Kier alpha value is -1.94. The molecule has 25 heavy (non-hydrogen) atoms. The van der Waals surface area contributed by atoms with Crippen LogP contribution in [0, 0.1) is 5.92 Å². The van der Waals surface area contributed by atoms with Crippen molar-refractivity contribution in [1.82, 2.24) is 5.32 Å². The molecule has 0 aliphatic carbocycles. The van der Waals surface area contributed by atoms with Gasteiger partial charge in [0, 0.05) is 18.4 Å². The third kappa shape index (κ3) is 5.82. The Bertz CT molecular complexity index is 601. The van der Waals surface area contributed by atoms with E-state index in [-0.39, 0.29) is 0 Å². The maximum atomic E-state index is 4.68. The van der Waals surface area contributed by atoms with Crippen LogP contribution in [0.4, 0.5) is 5.69 Å². The van der Waals surface area contributed by atoms with Crippen LogP contribution in [0.5, 0.6) is 0 Å². The summed E-state index contributed by atoms with van der Waals surface area (Å²) in [4.78, 5) is 8.56. The fraction of sp³-hybridized carbons (Fsp3) is 0.524. The zero-order valence-electron chi connectivity index (χ0n) is 15.9. The topological polar surface area (TPSA) is 48.8 Å². The van der Waals surface area contributed by atoms with Gasteiger partial charge in [-0.3, -0.25) is 9.98 Å². The number of hydrogen-bond acceptors (Lipinski definition) is 4. The summed E-state index contributed by atoms with van der Waals surface area (Å²) < 4.78 is 0. The quantitative estimate of drug-likeness (QED) is 0.679. The zero-order chi connectivity index (χ0) is 18.1. The molecule has 0 saturated carbocycles. The minimum atomic E-state index is 0.576. The van der Waals surface area contributed by atoms with Crippen molar-refractivity contribution in [3.05, 3.63) is 41.6 Å². The molecule has 136 valence electrons. The highest BCUT2D eigenvalue weighted by Gasteiger charge is 2.14. The molecule has 1 aromatic rings. The second-order valence-corrected chi connectivity index (χ2v) is 6.88. The Morgan fingerprint density at radius 2 is 2.04 bits per heavy atom. The molecule has 1 saturated heterocycles. The van der Waals surface area contributed by atoms with Crippen LogP contribution < -0.4 is 10.6 Å². The maximum absolute atomic E-state index is 4.68. The summed E-state index contributed by atoms with van der Waals surface area (Å²) in [5, 5.41) is 6.74. The van der Waals surface area contributed by atoms with Gasteiger partial charge in [0.2, 0.25) is 0 Å². The van der Waals surface area contributed by atoms with Crippen LogP contribution in [0.3, 0.4) is 0 Å². The number of benzene rings is 1. The van der Waals surface area contributed by atoms with Gasteiger partial charge in [-0.2, -0.15) is 0 Å². The van der Waals surface area contributed by atoms with E-state index in [1.54, 1.807) is 0 Å². The Morgan fingerprint density at radius 1 is 1.28 bits per heavy atom. The first-order chi connectivity index (χ1) is 12.2. The molecule has 2 N–H and O–H groups in total. The lowest BCUT2D eigenvalue weighted by atomic mass is 9.86. The summed E-state index contributed by atoms with van der Waals surface area (Å²) in [6.45, 7) is 12.8. The Balaban J connectivity index is 1.92. The van der Waals surface area contributed by atoms with Gasteiger partial charge in [-0.15, -0.1) is 0 Å². The lowest BCUT2D eigenvalue weighted by molar-refractivity contribution is 0.448. The molecular formula is C21H32N4. The zero-order valence-corrected chi connectivity index (χ0v) is 15.9. The fourth-order valence-corrected chi connectivity index (χ4v) is 3.26. The molecule has 1 fully saturated rings. The number of piperidine rings is 1. The summed E-state index contributed by atoms with van der Waals surface area (Å²) in [6.07, 6.45) is 5.31. The van der Waals surface area contributed by atoms with Gasteiger partial charge in [0.25, 0.3) is 0 Å². The molecule has 0 spiro atoms. The molecule has 0 radical (unpaired) electrons. The molecular weight excluding hydrogens is 308 g/mol. The average molecular weight is 341 g/mol. The molecule has 2 rings (SSSR count). The number of rotatable bonds is 8. The van der Waals surface area contributed by atoms with Crippen LogP contribution in [0.1, 0.15) is 51.5 Å². The minimum Gasteiger partial charge on any atom is -0.366 e. The molecule has 0 amide bonds. The van der Waals surface area contributed by atoms with Gasteiger partial charge in [0.15, 0.2) is 0 Å². The maximum Gasteiger partial charge on any atom is 0.108 e. The van der Waals surface area contributed by atoms with E-state index in [0.29, 0.717) is 12.6 Å². The molecule has 0 bridgehead atoms. The van der Waals surface area contributed by atoms with Crippen molar-refractivity contribution in [3.8, 4) is 0 Å². The molecule has 1 aromatic carbocycles. The van der Waals surface area contributed by atoms with E-state index in [1.165, 1.54) is 24.0 Å². The largest absolute Gasteiger partial charge is 0.366 e. The van der Waals surface area contributed by atoms with Crippen LogP contribution in [-0.2, 0) is 0 Å². The molecule has 4 nitrogen and oxygen atoms in total. The van der Waals surface area contributed by atoms with E-state index in [2.05, 4.69) is 72.4 Å². The van der Waals surface area contributed by atoms with Crippen molar-refractivity contribution >= 4 is 18.1 Å².